The zero-order valence-electron chi connectivity index (χ0n) is 11.1. The highest BCUT2D eigenvalue weighted by Crippen LogP contribution is 2.28. The number of methoxy groups -OCH3 is 1. The summed E-state index contributed by atoms with van der Waals surface area (Å²) in [5.74, 6) is 0.532. The van der Waals surface area contributed by atoms with Gasteiger partial charge >= 0.3 is 0 Å². The standard InChI is InChI=1S/C13H19N3O3/c1-17-5-6-19-13-12(15)7-10(8-14)16(13)9-11-3-2-4-18-11/h7,11H,2-6,9,15H2,1H3/t11-/m1/s1. The lowest BCUT2D eigenvalue weighted by molar-refractivity contribution is 0.0918. The molecule has 0 aliphatic carbocycles. The lowest BCUT2D eigenvalue weighted by Crippen LogP contribution is -2.18. The zero-order chi connectivity index (χ0) is 13.7. The lowest BCUT2D eigenvalue weighted by atomic mass is 10.2. The summed E-state index contributed by atoms with van der Waals surface area (Å²) < 4.78 is 17.9. The summed E-state index contributed by atoms with van der Waals surface area (Å²) in [5, 5.41) is 9.15. The van der Waals surface area contributed by atoms with Crippen molar-refractivity contribution in [1.29, 1.82) is 5.26 Å². The van der Waals surface area contributed by atoms with E-state index in [1.165, 1.54) is 0 Å². The van der Waals surface area contributed by atoms with Gasteiger partial charge in [0.2, 0.25) is 5.88 Å². The fraction of sp³-hybridized carbons (Fsp3) is 0.615. The number of rotatable bonds is 6. The maximum Gasteiger partial charge on any atom is 0.218 e. The molecule has 0 aromatic carbocycles. The van der Waals surface area contributed by atoms with Crippen LogP contribution in [0.3, 0.4) is 0 Å². The predicted molar refractivity (Wildman–Crippen MR) is 69.9 cm³/mol. The molecule has 0 spiro atoms. The van der Waals surface area contributed by atoms with Crippen LogP contribution in [0.4, 0.5) is 5.69 Å². The van der Waals surface area contributed by atoms with Crippen molar-refractivity contribution in [1.82, 2.24) is 4.57 Å². The molecule has 1 aromatic rings. The van der Waals surface area contributed by atoms with Gasteiger partial charge in [-0.05, 0) is 12.8 Å². The van der Waals surface area contributed by atoms with Crippen molar-refractivity contribution in [3.8, 4) is 11.9 Å². The molecule has 2 N–H and O–H groups in total. The molecule has 0 unspecified atom stereocenters. The van der Waals surface area contributed by atoms with E-state index >= 15 is 0 Å². The number of hydrogen-bond donors (Lipinski definition) is 1. The Hall–Kier alpha value is -1.71. The van der Waals surface area contributed by atoms with Crippen LogP contribution >= 0.6 is 0 Å². The van der Waals surface area contributed by atoms with Crippen molar-refractivity contribution >= 4 is 5.69 Å². The van der Waals surface area contributed by atoms with Crippen LogP contribution in [-0.4, -0.2) is 37.6 Å². The van der Waals surface area contributed by atoms with Crippen molar-refractivity contribution in [2.24, 2.45) is 0 Å². The van der Waals surface area contributed by atoms with E-state index in [2.05, 4.69) is 6.07 Å². The summed E-state index contributed by atoms with van der Waals surface area (Å²) in [6, 6.07) is 3.77. The second-order valence-corrected chi connectivity index (χ2v) is 4.49. The van der Waals surface area contributed by atoms with Gasteiger partial charge in [-0.3, -0.25) is 4.57 Å². The molecule has 1 saturated heterocycles. The smallest absolute Gasteiger partial charge is 0.218 e. The van der Waals surface area contributed by atoms with Crippen LogP contribution in [0.5, 0.6) is 5.88 Å². The van der Waals surface area contributed by atoms with Gasteiger partial charge < -0.3 is 19.9 Å². The van der Waals surface area contributed by atoms with E-state index in [-0.39, 0.29) is 6.10 Å². The third kappa shape index (κ3) is 3.19. The largest absolute Gasteiger partial charge is 0.475 e. The van der Waals surface area contributed by atoms with Crippen LogP contribution in [-0.2, 0) is 16.0 Å². The molecule has 104 valence electrons. The molecule has 1 aliphatic heterocycles. The van der Waals surface area contributed by atoms with E-state index in [1.54, 1.807) is 17.7 Å². The van der Waals surface area contributed by atoms with E-state index in [0.717, 1.165) is 19.4 Å². The molecule has 0 amide bonds. The Morgan fingerprint density at radius 3 is 3.05 bits per heavy atom. The molecule has 0 radical (unpaired) electrons. The number of ether oxygens (including phenoxy) is 3. The first-order valence-corrected chi connectivity index (χ1v) is 6.38. The van der Waals surface area contributed by atoms with E-state index in [0.29, 0.717) is 37.0 Å². The minimum absolute atomic E-state index is 0.128. The number of nitrogens with zero attached hydrogens (tertiary/aromatic N) is 2. The summed E-state index contributed by atoms with van der Waals surface area (Å²) in [6.45, 7) is 2.26. The van der Waals surface area contributed by atoms with Crippen molar-refractivity contribution in [2.45, 2.75) is 25.5 Å². The molecule has 1 atom stereocenters. The normalized spacial score (nSPS) is 18.4. The SMILES string of the molecule is COCCOc1c(N)cc(C#N)n1C[C@H]1CCCO1. The first-order valence-electron chi connectivity index (χ1n) is 6.38. The Balaban J connectivity index is 2.14. The Labute approximate surface area is 112 Å². The number of hydrogen-bond acceptors (Lipinski definition) is 5. The monoisotopic (exact) mass is 265 g/mol. The predicted octanol–water partition coefficient (Wildman–Crippen LogP) is 1.15. The molecule has 6 nitrogen and oxygen atoms in total. The molecule has 2 heterocycles. The maximum absolute atomic E-state index is 9.15. The zero-order valence-corrected chi connectivity index (χ0v) is 11.1. The molecule has 0 bridgehead atoms. The Morgan fingerprint density at radius 1 is 1.58 bits per heavy atom. The van der Waals surface area contributed by atoms with Gasteiger partial charge in [-0.25, -0.2) is 0 Å². The molecular formula is C13H19N3O3. The molecule has 2 rings (SSSR count). The van der Waals surface area contributed by atoms with E-state index in [9.17, 15) is 0 Å². The number of nitrogens with two attached hydrogens (primary N) is 1. The molecule has 19 heavy (non-hydrogen) atoms. The summed E-state index contributed by atoms with van der Waals surface area (Å²) in [4.78, 5) is 0. The summed E-state index contributed by atoms with van der Waals surface area (Å²) in [7, 11) is 1.61. The van der Waals surface area contributed by atoms with E-state index < -0.39 is 0 Å². The van der Waals surface area contributed by atoms with Gasteiger partial charge in [0, 0.05) is 19.8 Å². The average molecular weight is 265 g/mol. The first-order chi connectivity index (χ1) is 9.26. The third-order valence-corrected chi connectivity index (χ3v) is 3.13. The maximum atomic E-state index is 9.15. The van der Waals surface area contributed by atoms with Crippen LogP contribution in [0.15, 0.2) is 6.07 Å². The fourth-order valence-corrected chi connectivity index (χ4v) is 2.20. The highest BCUT2D eigenvalue weighted by molar-refractivity contribution is 5.55. The average Bonchev–Trinajstić information content (AvgIpc) is 3.01. The van der Waals surface area contributed by atoms with Gasteiger partial charge in [0.05, 0.1) is 24.9 Å². The Morgan fingerprint density at radius 2 is 2.42 bits per heavy atom. The molecular weight excluding hydrogens is 246 g/mol. The summed E-state index contributed by atoms with van der Waals surface area (Å²) in [6.07, 6.45) is 2.19. The van der Waals surface area contributed by atoms with Crippen molar-refractivity contribution in [3.63, 3.8) is 0 Å². The van der Waals surface area contributed by atoms with Gasteiger partial charge in [0.25, 0.3) is 0 Å². The third-order valence-electron chi connectivity index (χ3n) is 3.13. The van der Waals surface area contributed by atoms with E-state index in [4.69, 9.17) is 25.2 Å². The van der Waals surface area contributed by atoms with Crippen molar-refractivity contribution in [3.05, 3.63) is 11.8 Å². The van der Waals surface area contributed by atoms with E-state index in [1.807, 2.05) is 0 Å². The van der Waals surface area contributed by atoms with Crippen LogP contribution < -0.4 is 10.5 Å². The van der Waals surface area contributed by atoms with Crippen LogP contribution in [0.1, 0.15) is 18.5 Å². The van der Waals surface area contributed by atoms with Crippen LogP contribution in [0.25, 0.3) is 0 Å². The Bertz CT molecular complexity index is 458. The number of nitrogen functional groups attached to an aromatic ring is 1. The van der Waals surface area contributed by atoms with Crippen LogP contribution in [0, 0.1) is 11.3 Å². The van der Waals surface area contributed by atoms with Crippen LogP contribution in [0.2, 0.25) is 0 Å². The molecule has 1 aromatic heterocycles. The van der Waals surface area contributed by atoms with Gasteiger partial charge in [-0.15, -0.1) is 0 Å². The number of nitriles is 1. The second kappa shape index (κ2) is 6.45. The molecule has 0 saturated carbocycles. The highest BCUT2D eigenvalue weighted by atomic mass is 16.5. The molecule has 1 fully saturated rings. The van der Waals surface area contributed by atoms with Gasteiger partial charge in [-0.2, -0.15) is 5.26 Å². The molecule has 6 heteroatoms. The number of anilines is 1. The Kier molecular flexibility index (Phi) is 4.66. The van der Waals surface area contributed by atoms with Crippen molar-refractivity contribution < 1.29 is 14.2 Å². The fourth-order valence-electron chi connectivity index (χ4n) is 2.20. The summed E-state index contributed by atoms with van der Waals surface area (Å²) in [5.41, 5.74) is 6.87. The minimum atomic E-state index is 0.128. The first kappa shape index (κ1) is 13.7. The van der Waals surface area contributed by atoms with Gasteiger partial charge in [-0.1, -0.05) is 0 Å². The lowest BCUT2D eigenvalue weighted by Gasteiger charge is -2.15. The minimum Gasteiger partial charge on any atom is -0.475 e. The second-order valence-electron chi connectivity index (χ2n) is 4.49. The quantitative estimate of drug-likeness (QED) is 0.780. The van der Waals surface area contributed by atoms with Gasteiger partial charge in [0.1, 0.15) is 18.4 Å². The highest BCUT2D eigenvalue weighted by Gasteiger charge is 2.21. The summed E-state index contributed by atoms with van der Waals surface area (Å²) >= 11 is 0. The topological polar surface area (TPSA) is 82.4 Å². The van der Waals surface area contributed by atoms with Gasteiger partial charge in [0.15, 0.2) is 0 Å². The molecule has 1 aliphatic rings. The van der Waals surface area contributed by atoms with Crippen molar-refractivity contribution in [2.75, 3.05) is 32.7 Å². The number of aromatic nitrogens is 1.